The van der Waals surface area contributed by atoms with E-state index in [-0.39, 0.29) is 17.6 Å². The van der Waals surface area contributed by atoms with E-state index < -0.39 is 6.61 Å². The lowest BCUT2D eigenvalue weighted by Crippen LogP contribution is -2.21. The first-order chi connectivity index (χ1) is 10.1. The van der Waals surface area contributed by atoms with E-state index in [1.165, 1.54) is 7.11 Å². The number of methoxy groups -OCH3 is 1. The molecule has 0 saturated heterocycles. The van der Waals surface area contributed by atoms with Crippen LogP contribution in [0.5, 0.6) is 11.5 Å². The largest absolute Gasteiger partial charge is 0.493 e. The van der Waals surface area contributed by atoms with Gasteiger partial charge in [0.1, 0.15) is 0 Å². The molecule has 1 aliphatic rings. The average molecular weight is 301 g/mol. The number of ether oxygens (including phenoxy) is 2. The van der Waals surface area contributed by atoms with Gasteiger partial charge in [0.15, 0.2) is 11.5 Å². The molecule has 0 aromatic heterocycles. The molecule has 1 aromatic rings. The van der Waals surface area contributed by atoms with Crippen molar-refractivity contribution in [2.75, 3.05) is 13.7 Å². The van der Waals surface area contributed by atoms with Gasteiger partial charge < -0.3 is 19.9 Å². The first-order valence-corrected chi connectivity index (χ1v) is 7.09. The number of aliphatic hydroxyl groups is 1. The van der Waals surface area contributed by atoms with E-state index in [0.717, 1.165) is 31.4 Å². The van der Waals surface area contributed by atoms with Crippen molar-refractivity contribution in [3.8, 4) is 11.5 Å². The van der Waals surface area contributed by atoms with Crippen LogP contribution in [0.15, 0.2) is 18.2 Å². The van der Waals surface area contributed by atoms with Crippen molar-refractivity contribution in [2.24, 2.45) is 5.92 Å². The Labute approximate surface area is 123 Å². The van der Waals surface area contributed by atoms with Gasteiger partial charge in [0.2, 0.25) is 0 Å². The molecule has 2 N–H and O–H groups in total. The summed E-state index contributed by atoms with van der Waals surface area (Å²) in [5.41, 5.74) is 0.852. The monoisotopic (exact) mass is 301 g/mol. The minimum atomic E-state index is -2.87. The second kappa shape index (κ2) is 7.56. The zero-order valence-electron chi connectivity index (χ0n) is 12.0. The Morgan fingerprint density at radius 3 is 2.76 bits per heavy atom. The van der Waals surface area contributed by atoms with Crippen LogP contribution in [0, 0.1) is 5.92 Å². The summed E-state index contributed by atoms with van der Waals surface area (Å²) in [4.78, 5) is 0. The van der Waals surface area contributed by atoms with Crippen LogP contribution in [0.25, 0.3) is 0 Å². The minimum absolute atomic E-state index is 0.0445. The molecule has 1 saturated carbocycles. The topological polar surface area (TPSA) is 50.7 Å². The van der Waals surface area contributed by atoms with Gasteiger partial charge in [0.05, 0.1) is 13.2 Å². The maximum atomic E-state index is 12.3. The molecule has 0 amide bonds. The third-order valence-electron chi connectivity index (χ3n) is 3.72. The van der Waals surface area contributed by atoms with E-state index in [9.17, 15) is 13.9 Å². The average Bonchev–Trinajstić information content (AvgIpc) is 2.84. The highest BCUT2D eigenvalue weighted by molar-refractivity contribution is 5.42. The summed E-state index contributed by atoms with van der Waals surface area (Å²) >= 11 is 0. The van der Waals surface area contributed by atoms with Crippen molar-refractivity contribution < 1.29 is 23.4 Å². The van der Waals surface area contributed by atoms with Crippen LogP contribution >= 0.6 is 0 Å². The lowest BCUT2D eigenvalue weighted by molar-refractivity contribution is -0.0512. The van der Waals surface area contributed by atoms with Crippen molar-refractivity contribution in [2.45, 2.75) is 38.5 Å². The lowest BCUT2D eigenvalue weighted by Gasteiger charge is -2.13. The molecule has 0 aliphatic heterocycles. The molecule has 2 unspecified atom stereocenters. The van der Waals surface area contributed by atoms with Crippen LogP contribution in [-0.2, 0) is 6.54 Å². The molecule has 21 heavy (non-hydrogen) atoms. The highest BCUT2D eigenvalue weighted by Crippen LogP contribution is 2.29. The maximum Gasteiger partial charge on any atom is 0.387 e. The van der Waals surface area contributed by atoms with Gasteiger partial charge in [-0.05, 0) is 49.4 Å². The summed E-state index contributed by atoms with van der Waals surface area (Å²) in [6, 6.07) is 4.99. The van der Waals surface area contributed by atoms with Gasteiger partial charge >= 0.3 is 6.61 Å². The number of hydrogen-bond donors (Lipinski definition) is 2. The van der Waals surface area contributed by atoms with E-state index in [1.54, 1.807) is 12.1 Å². The fourth-order valence-corrected chi connectivity index (χ4v) is 2.67. The number of halogens is 2. The molecule has 1 aliphatic carbocycles. The molecule has 2 atom stereocenters. The SMILES string of the molecule is COc1ccc(CNCC2CCC(O)C2)cc1OC(F)F. The summed E-state index contributed by atoms with van der Waals surface area (Å²) < 4.78 is 34.1. The zero-order chi connectivity index (χ0) is 15.2. The van der Waals surface area contributed by atoms with E-state index in [0.29, 0.717) is 12.5 Å². The van der Waals surface area contributed by atoms with Crippen molar-refractivity contribution in [3.05, 3.63) is 23.8 Å². The van der Waals surface area contributed by atoms with Crippen LogP contribution in [0.3, 0.4) is 0 Å². The van der Waals surface area contributed by atoms with Gasteiger partial charge in [0.25, 0.3) is 0 Å². The van der Waals surface area contributed by atoms with Gasteiger partial charge in [-0.25, -0.2) is 0 Å². The molecule has 1 aromatic carbocycles. The smallest absolute Gasteiger partial charge is 0.387 e. The standard InChI is InChI=1S/C15H21F2NO3/c1-20-13-5-3-11(7-14(13)21-15(16)17)9-18-8-10-2-4-12(19)6-10/h3,5,7,10,12,15,18-19H,2,4,6,8-9H2,1H3. The third kappa shape index (κ3) is 4.82. The van der Waals surface area contributed by atoms with Crippen molar-refractivity contribution in [3.63, 3.8) is 0 Å². The van der Waals surface area contributed by atoms with E-state index in [4.69, 9.17) is 4.74 Å². The molecule has 6 heteroatoms. The van der Waals surface area contributed by atoms with Gasteiger partial charge in [-0.1, -0.05) is 6.07 Å². The van der Waals surface area contributed by atoms with E-state index in [2.05, 4.69) is 10.1 Å². The minimum Gasteiger partial charge on any atom is -0.493 e. The van der Waals surface area contributed by atoms with Crippen molar-refractivity contribution in [1.29, 1.82) is 0 Å². The van der Waals surface area contributed by atoms with Gasteiger partial charge in [-0.3, -0.25) is 0 Å². The Kier molecular flexibility index (Phi) is 5.76. The quantitative estimate of drug-likeness (QED) is 0.812. The first kappa shape index (κ1) is 16.0. The van der Waals surface area contributed by atoms with Gasteiger partial charge in [-0.2, -0.15) is 8.78 Å². The fraction of sp³-hybridized carbons (Fsp3) is 0.600. The lowest BCUT2D eigenvalue weighted by atomic mass is 10.1. The molecule has 2 rings (SSSR count). The van der Waals surface area contributed by atoms with Gasteiger partial charge in [0, 0.05) is 6.54 Å². The summed E-state index contributed by atoms with van der Waals surface area (Å²) in [6.07, 6.45) is 2.54. The maximum absolute atomic E-state index is 12.3. The highest BCUT2D eigenvalue weighted by Gasteiger charge is 2.22. The molecule has 0 heterocycles. The molecular formula is C15H21F2NO3. The summed E-state index contributed by atoms with van der Waals surface area (Å²) in [7, 11) is 1.41. The number of rotatable bonds is 7. The van der Waals surface area contributed by atoms with Crippen LogP contribution in [-0.4, -0.2) is 31.5 Å². The van der Waals surface area contributed by atoms with Crippen molar-refractivity contribution >= 4 is 0 Å². The number of benzene rings is 1. The highest BCUT2D eigenvalue weighted by atomic mass is 19.3. The molecule has 0 bridgehead atoms. The second-order valence-electron chi connectivity index (χ2n) is 5.33. The molecule has 0 radical (unpaired) electrons. The normalized spacial score (nSPS) is 21.8. The van der Waals surface area contributed by atoms with Crippen LogP contribution in [0.1, 0.15) is 24.8 Å². The Morgan fingerprint density at radius 2 is 2.14 bits per heavy atom. The molecule has 4 nitrogen and oxygen atoms in total. The Balaban J connectivity index is 1.87. The summed E-state index contributed by atoms with van der Waals surface area (Å²) in [5.74, 6) is 0.816. The Bertz CT molecular complexity index is 457. The second-order valence-corrected chi connectivity index (χ2v) is 5.33. The number of nitrogens with one attached hydrogen (secondary N) is 1. The van der Waals surface area contributed by atoms with E-state index >= 15 is 0 Å². The zero-order valence-corrected chi connectivity index (χ0v) is 12.0. The molecule has 118 valence electrons. The fourth-order valence-electron chi connectivity index (χ4n) is 2.67. The molecular weight excluding hydrogens is 280 g/mol. The Hall–Kier alpha value is -1.40. The molecule has 0 spiro atoms. The first-order valence-electron chi connectivity index (χ1n) is 7.09. The number of hydrogen-bond acceptors (Lipinski definition) is 4. The summed E-state index contributed by atoms with van der Waals surface area (Å²) in [5, 5.41) is 12.8. The predicted octanol–water partition coefficient (Wildman–Crippen LogP) is 2.55. The number of alkyl halides is 2. The summed E-state index contributed by atoms with van der Waals surface area (Å²) in [6.45, 7) is -1.49. The number of aliphatic hydroxyl groups excluding tert-OH is 1. The van der Waals surface area contributed by atoms with Crippen molar-refractivity contribution in [1.82, 2.24) is 5.32 Å². The third-order valence-corrected chi connectivity index (χ3v) is 3.72. The van der Waals surface area contributed by atoms with Crippen LogP contribution in [0.2, 0.25) is 0 Å². The van der Waals surface area contributed by atoms with Gasteiger partial charge in [-0.15, -0.1) is 0 Å². The Morgan fingerprint density at radius 1 is 1.33 bits per heavy atom. The van der Waals surface area contributed by atoms with Crippen LogP contribution in [0.4, 0.5) is 8.78 Å². The molecule has 1 fully saturated rings. The van der Waals surface area contributed by atoms with E-state index in [1.807, 2.05) is 6.07 Å². The van der Waals surface area contributed by atoms with Crippen LogP contribution < -0.4 is 14.8 Å². The predicted molar refractivity (Wildman–Crippen MR) is 74.7 cm³/mol.